The lowest BCUT2D eigenvalue weighted by atomic mass is 10.2. The van der Waals surface area contributed by atoms with Crippen LogP contribution in [-0.4, -0.2) is 48.9 Å². The highest BCUT2D eigenvalue weighted by Gasteiger charge is 2.32. The van der Waals surface area contributed by atoms with Crippen LogP contribution in [0.3, 0.4) is 0 Å². The highest BCUT2D eigenvalue weighted by Crippen LogP contribution is 2.09. The van der Waals surface area contributed by atoms with Crippen molar-refractivity contribution in [2.75, 3.05) is 26.2 Å². The largest absolute Gasteiger partial charge is 0.329 e. The Kier molecular flexibility index (Phi) is 4.65. The number of H-pyrrole nitrogens is 2. The number of sulfonamides is 1. The van der Waals surface area contributed by atoms with Crippen LogP contribution in [0.5, 0.6) is 0 Å². The van der Waals surface area contributed by atoms with Crippen molar-refractivity contribution in [2.45, 2.75) is 11.4 Å². The van der Waals surface area contributed by atoms with Gasteiger partial charge >= 0.3 is 5.69 Å². The number of benzene rings is 1. The molecule has 0 atom stereocenters. The fourth-order valence-corrected chi connectivity index (χ4v) is 4.27. The van der Waals surface area contributed by atoms with Gasteiger partial charge in [0.1, 0.15) is 6.54 Å². The molecule has 2 aromatic rings. The number of nitrogens with one attached hydrogen (secondary N) is 3. The summed E-state index contributed by atoms with van der Waals surface area (Å²) in [6.07, 6.45) is 0.958. The summed E-state index contributed by atoms with van der Waals surface area (Å²) in [7, 11) is -3.90. The number of quaternary nitrogens is 1. The summed E-state index contributed by atoms with van der Waals surface area (Å²) in [5.74, 6) is 0. The minimum Gasteiger partial charge on any atom is -0.329 e. The van der Waals surface area contributed by atoms with Crippen molar-refractivity contribution in [3.05, 3.63) is 62.9 Å². The van der Waals surface area contributed by atoms with Gasteiger partial charge in [-0.3, -0.25) is 9.78 Å². The minimum absolute atomic E-state index is 0.336. The molecule has 1 aromatic heterocycles. The number of aromatic nitrogens is 2. The van der Waals surface area contributed by atoms with Crippen LogP contribution in [0, 0.1) is 0 Å². The molecule has 9 heteroatoms. The molecular weight excluding hydrogens is 332 g/mol. The van der Waals surface area contributed by atoms with Gasteiger partial charge in [0.05, 0.1) is 26.2 Å². The van der Waals surface area contributed by atoms with Crippen LogP contribution in [0.15, 0.2) is 51.0 Å². The number of hydrogen-bond acceptors (Lipinski definition) is 4. The van der Waals surface area contributed by atoms with Crippen LogP contribution in [0.4, 0.5) is 0 Å². The van der Waals surface area contributed by atoms with E-state index >= 15 is 0 Å². The molecule has 1 aliphatic rings. The highest BCUT2D eigenvalue weighted by atomic mass is 32.2. The third-order valence-corrected chi connectivity index (χ3v) is 6.03. The summed E-state index contributed by atoms with van der Waals surface area (Å²) >= 11 is 0. The fraction of sp³-hybridized carbons (Fsp3) is 0.333. The topological polar surface area (TPSA) is 108 Å². The Hall–Kier alpha value is -2.23. The van der Waals surface area contributed by atoms with Crippen LogP contribution < -0.4 is 16.1 Å². The minimum atomic E-state index is -3.90. The monoisotopic (exact) mass is 351 g/mol. The zero-order chi connectivity index (χ0) is 17.2. The normalized spacial score (nSPS) is 17.0. The zero-order valence-electron chi connectivity index (χ0n) is 13.0. The smallest absolute Gasteiger partial charge is 0.325 e. The maximum Gasteiger partial charge on any atom is 0.325 e. The van der Waals surface area contributed by atoms with Gasteiger partial charge in [-0.25, -0.2) is 13.2 Å². The molecule has 1 aliphatic heterocycles. The van der Waals surface area contributed by atoms with Crippen molar-refractivity contribution in [1.82, 2.24) is 14.3 Å². The quantitative estimate of drug-likeness (QED) is 0.601. The fourth-order valence-electron chi connectivity index (χ4n) is 2.83. The van der Waals surface area contributed by atoms with E-state index in [0.717, 1.165) is 12.7 Å². The summed E-state index contributed by atoms with van der Waals surface area (Å²) in [6.45, 7) is 2.84. The van der Waals surface area contributed by atoms with E-state index < -0.39 is 26.2 Å². The standard InChI is InChI=1S/C15H18N4O4S/c20-14-13(10-16-15(21)17-14)24(22,23)19-8-6-18(7-9-19)11-12-4-2-1-3-5-12/h1-5,10H,6-9,11H2,(H2,16,17,20,21)/p+1. The van der Waals surface area contributed by atoms with Crippen molar-refractivity contribution in [2.24, 2.45) is 0 Å². The second kappa shape index (κ2) is 6.71. The van der Waals surface area contributed by atoms with Crippen molar-refractivity contribution >= 4 is 10.0 Å². The molecule has 2 heterocycles. The van der Waals surface area contributed by atoms with Crippen LogP contribution in [-0.2, 0) is 16.6 Å². The number of nitrogens with zero attached hydrogens (tertiary/aromatic N) is 1. The maximum absolute atomic E-state index is 12.6. The highest BCUT2D eigenvalue weighted by molar-refractivity contribution is 7.89. The Bertz CT molecular complexity index is 912. The van der Waals surface area contributed by atoms with Gasteiger partial charge in [0.15, 0.2) is 4.90 Å². The zero-order valence-corrected chi connectivity index (χ0v) is 13.8. The molecule has 128 valence electrons. The molecule has 3 N–H and O–H groups in total. The molecule has 3 rings (SSSR count). The van der Waals surface area contributed by atoms with Gasteiger partial charge in [-0.15, -0.1) is 0 Å². The summed E-state index contributed by atoms with van der Waals surface area (Å²) < 4.78 is 26.4. The van der Waals surface area contributed by atoms with Crippen molar-refractivity contribution in [1.29, 1.82) is 0 Å². The van der Waals surface area contributed by atoms with Crippen LogP contribution >= 0.6 is 0 Å². The predicted octanol–water partition coefficient (Wildman–Crippen LogP) is -1.85. The molecule has 1 fully saturated rings. The molecule has 8 nitrogen and oxygen atoms in total. The lowest BCUT2D eigenvalue weighted by Gasteiger charge is -2.31. The van der Waals surface area contributed by atoms with Crippen molar-refractivity contribution in [3.63, 3.8) is 0 Å². The molecular formula is C15H19N4O4S+. The first-order valence-corrected chi connectivity index (χ1v) is 9.10. The first-order valence-electron chi connectivity index (χ1n) is 7.66. The van der Waals surface area contributed by atoms with Gasteiger partial charge in [0, 0.05) is 11.8 Å². The molecule has 0 aliphatic carbocycles. The van der Waals surface area contributed by atoms with E-state index in [4.69, 9.17) is 0 Å². The molecule has 0 amide bonds. The Labute approximate surface area is 138 Å². The van der Waals surface area contributed by atoms with Crippen LogP contribution in [0.1, 0.15) is 5.56 Å². The average molecular weight is 351 g/mol. The Balaban J connectivity index is 1.69. The summed E-state index contributed by atoms with van der Waals surface area (Å²) in [6, 6.07) is 10.0. The van der Waals surface area contributed by atoms with E-state index in [1.165, 1.54) is 14.8 Å². The van der Waals surface area contributed by atoms with E-state index in [0.29, 0.717) is 26.2 Å². The molecule has 0 unspecified atom stereocenters. The number of aromatic amines is 2. The van der Waals surface area contributed by atoms with Gasteiger partial charge in [-0.05, 0) is 0 Å². The summed E-state index contributed by atoms with van der Waals surface area (Å²) in [5.41, 5.74) is -0.408. The third kappa shape index (κ3) is 3.48. The lowest BCUT2D eigenvalue weighted by Crippen LogP contribution is -3.13. The lowest BCUT2D eigenvalue weighted by molar-refractivity contribution is -0.917. The molecule has 0 radical (unpaired) electrons. The van der Waals surface area contributed by atoms with E-state index in [-0.39, 0.29) is 0 Å². The first kappa shape index (κ1) is 16.6. The molecule has 0 bridgehead atoms. The third-order valence-electron chi connectivity index (χ3n) is 4.13. The Morgan fingerprint density at radius 2 is 1.75 bits per heavy atom. The molecule has 1 saturated heterocycles. The summed E-state index contributed by atoms with van der Waals surface area (Å²) in [4.78, 5) is 27.8. The van der Waals surface area contributed by atoms with Crippen molar-refractivity contribution < 1.29 is 13.3 Å². The van der Waals surface area contributed by atoms with Crippen LogP contribution in [0.2, 0.25) is 0 Å². The SMILES string of the molecule is O=c1[nH]cc(S(=O)(=O)N2CC[NH+](Cc3ccccc3)CC2)c(=O)[nH]1. The van der Waals surface area contributed by atoms with E-state index in [1.54, 1.807) is 0 Å². The number of piperazine rings is 1. The van der Waals surface area contributed by atoms with Gasteiger partial charge in [0.2, 0.25) is 10.0 Å². The maximum atomic E-state index is 12.6. The van der Waals surface area contributed by atoms with Crippen molar-refractivity contribution in [3.8, 4) is 0 Å². The van der Waals surface area contributed by atoms with Gasteiger partial charge in [-0.2, -0.15) is 4.31 Å². The van der Waals surface area contributed by atoms with Gasteiger partial charge in [-0.1, -0.05) is 30.3 Å². The van der Waals surface area contributed by atoms with Gasteiger partial charge in [0.25, 0.3) is 5.56 Å². The predicted molar refractivity (Wildman–Crippen MR) is 87.3 cm³/mol. The molecule has 1 aromatic carbocycles. The van der Waals surface area contributed by atoms with E-state index in [1.807, 2.05) is 23.2 Å². The average Bonchev–Trinajstić information content (AvgIpc) is 2.56. The Morgan fingerprint density at radius 1 is 1.08 bits per heavy atom. The van der Waals surface area contributed by atoms with Gasteiger partial charge < -0.3 is 9.88 Å². The van der Waals surface area contributed by atoms with E-state index in [9.17, 15) is 18.0 Å². The molecule has 24 heavy (non-hydrogen) atoms. The summed E-state index contributed by atoms with van der Waals surface area (Å²) in [5, 5.41) is 0. The molecule has 0 saturated carbocycles. The molecule has 0 spiro atoms. The Morgan fingerprint density at radius 3 is 2.38 bits per heavy atom. The number of hydrogen-bond donors (Lipinski definition) is 3. The van der Waals surface area contributed by atoms with Crippen LogP contribution in [0.25, 0.3) is 0 Å². The number of rotatable bonds is 4. The second-order valence-corrected chi connectivity index (χ2v) is 7.66. The van der Waals surface area contributed by atoms with E-state index in [2.05, 4.69) is 17.1 Å². The first-order chi connectivity index (χ1) is 11.5. The second-order valence-electron chi connectivity index (χ2n) is 5.75.